The number of sulfonamides is 1. The molecule has 0 saturated heterocycles. The average Bonchev–Trinajstić information content (AvgIpc) is 2.68. The van der Waals surface area contributed by atoms with Gasteiger partial charge in [0.1, 0.15) is 0 Å². The minimum absolute atomic E-state index is 0.0304. The molecule has 0 saturated carbocycles. The number of aryl methyl sites for hydroxylation is 1. The molecule has 8 nitrogen and oxygen atoms in total. The summed E-state index contributed by atoms with van der Waals surface area (Å²) < 4.78 is 28.4. The van der Waals surface area contributed by atoms with E-state index in [9.17, 15) is 18.3 Å². The van der Waals surface area contributed by atoms with E-state index in [0.29, 0.717) is 27.5 Å². The first kappa shape index (κ1) is 21.4. The van der Waals surface area contributed by atoms with Crippen LogP contribution in [0.2, 0.25) is 10.0 Å². The van der Waals surface area contributed by atoms with Crippen molar-refractivity contribution in [2.45, 2.75) is 18.0 Å². The van der Waals surface area contributed by atoms with Crippen LogP contribution < -0.4 is 15.4 Å². The van der Waals surface area contributed by atoms with Crippen molar-refractivity contribution >= 4 is 56.2 Å². The predicted molar refractivity (Wildman–Crippen MR) is 120 cm³/mol. The number of nitrogens with zero attached hydrogens (tertiary/aromatic N) is 1. The molecule has 0 radical (unpaired) electrons. The lowest BCUT2D eigenvalue weighted by Crippen LogP contribution is -2.38. The Balaban J connectivity index is 1.64. The minimum atomic E-state index is -4.01. The molecule has 4 N–H and O–H groups in total. The maximum absolute atomic E-state index is 13.0. The molecular weight excluding hydrogens is 463 g/mol. The molecule has 2 heterocycles. The lowest BCUT2D eigenvalue weighted by molar-refractivity contribution is -0.122. The molecule has 4 rings (SSSR count). The van der Waals surface area contributed by atoms with Gasteiger partial charge in [-0.3, -0.25) is 14.5 Å². The third-order valence-electron chi connectivity index (χ3n) is 4.59. The molecule has 2 aromatic carbocycles. The van der Waals surface area contributed by atoms with Crippen molar-refractivity contribution in [2.24, 2.45) is 0 Å². The molecule has 0 bridgehead atoms. The van der Waals surface area contributed by atoms with Crippen LogP contribution in [0.3, 0.4) is 0 Å². The number of amides is 1. The molecule has 1 aromatic heterocycles. The molecule has 1 aliphatic rings. The fourth-order valence-corrected chi connectivity index (χ4v) is 4.92. The summed E-state index contributed by atoms with van der Waals surface area (Å²) in [5.41, 5.74) is 2.40. The number of pyridine rings is 1. The number of aromatic nitrogens is 1. The standard InChI is InChI=1S/C20H16Cl2N4O4S/c1-10-5-15-16(25-20(28)19(27)24-15)8-17(10)31(29,30)26-13-7-14(22)18(23-9-13)11-3-2-4-12(21)6-11/h2-9,20,25-26,28H,1H3,(H,24,27). The van der Waals surface area contributed by atoms with Crippen LogP contribution in [0, 0.1) is 6.92 Å². The van der Waals surface area contributed by atoms with Crippen molar-refractivity contribution in [2.75, 3.05) is 15.4 Å². The van der Waals surface area contributed by atoms with Crippen LogP contribution in [0.5, 0.6) is 0 Å². The topological polar surface area (TPSA) is 120 Å². The number of halogens is 2. The maximum Gasteiger partial charge on any atom is 0.274 e. The van der Waals surface area contributed by atoms with Gasteiger partial charge in [0, 0.05) is 10.6 Å². The molecule has 0 spiro atoms. The van der Waals surface area contributed by atoms with E-state index in [2.05, 4.69) is 20.3 Å². The second-order valence-electron chi connectivity index (χ2n) is 6.87. The number of hydrogen-bond acceptors (Lipinski definition) is 6. The highest BCUT2D eigenvalue weighted by Gasteiger charge is 2.27. The van der Waals surface area contributed by atoms with Crippen LogP contribution in [0.1, 0.15) is 5.56 Å². The zero-order valence-corrected chi connectivity index (χ0v) is 18.3. The van der Waals surface area contributed by atoms with Crippen molar-refractivity contribution in [3.05, 3.63) is 64.3 Å². The summed E-state index contributed by atoms with van der Waals surface area (Å²) in [6.07, 6.45) is -0.115. The van der Waals surface area contributed by atoms with E-state index in [1.165, 1.54) is 24.4 Å². The van der Waals surface area contributed by atoms with Gasteiger partial charge >= 0.3 is 0 Å². The molecule has 1 aliphatic heterocycles. The average molecular weight is 479 g/mol. The van der Waals surface area contributed by atoms with Crippen molar-refractivity contribution in [3.63, 3.8) is 0 Å². The summed E-state index contributed by atoms with van der Waals surface area (Å²) in [5, 5.41) is 15.5. The van der Waals surface area contributed by atoms with Crippen molar-refractivity contribution in [1.82, 2.24) is 4.98 Å². The third kappa shape index (κ3) is 4.31. The summed E-state index contributed by atoms with van der Waals surface area (Å²) in [6.45, 7) is 1.60. The Labute approximate surface area is 188 Å². The Morgan fingerprint density at radius 3 is 2.61 bits per heavy atom. The summed E-state index contributed by atoms with van der Waals surface area (Å²) in [6, 6.07) is 11.3. The molecule has 11 heteroatoms. The van der Waals surface area contributed by atoms with E-state index in [-0.39, 0.29) is 21.3 Å². The Bertz CT molecular complexity index is 1310. The smallest absolute Gasteiger partial charge is 0.274 e. The molecule has 31 heavy (non-hydrogen) atoms. The number of anilines is 3. The van der Waals surface area contributed by atoms with Crippen LogP contribution in [0.4, 0.5) is 17.1 Å². The zero-order chi connectivity index (χ0) is 22.3. The van der Waals surface area contributed by atoms with E-state index in [1.807, 2.05) is 0 Å². The summed E-state index contributed by atoms with van der Waals surface area (Å²) in [7, 11) is -4.01. The number of hydrogen-bond donors (Lipinski definition) is 4. The number of fused-ring (bicyclic) bond motifs is 1. The van der Waals surface area contributed by atoms with Gasteiger partial charge in [-0.2, -0.15) is 0 Å². The molecule has 0 aliphatic carbocycles. The first-order valence-electron chi connectivity index (χ1n) is 8.98. The van der Waals surface area contributed by atoms with Crippen molar-refractivity contribution in [1.29, 1.82) is 0 Å². The van der Waals surface area contributed by atoms with E-state index in [1.54, 1.807) is 31.2 Å². The first-order chi connectivity index (χ1) is 14.6. The minimum Gasteiger partial charge on any atom is -0.366 e. The SMILES string of the molecule is Cc1cc2c(cc1S(=O)(=O)Nc1cnc(-c3cccc(Cl)c3)c(Cl)c1)NC(O)C(=O)N2. The Morgan fingerprint density at radius 1 is 1.13 bits per heavy atom. The van der Waals surface area contributed by atoms with E-state index in [0.717, 1.165) is 0 Å². The predicted octanol–water partition coefficient (Wildman–Crippen LogP) is 3.85. The van der Waals surface area contributed by atoms with Crippen LogP contribution in [0.25, 0.3) is 11.3 Å². The van der Waals surface area contributed by atoms with Gasteiger partial charge < -0.3 is 15.7 Å². The van der Waals surface area contributed by atoms with Crippen molar-refractivity contribution < 1.29 is 18.3 Å². The van der Waals surface area contributed by atoms with Gasteiger partial charge in [-0.05, 0) is 42.8 Å². The lowest BCUT2D eigenvalue weighted by atomic mass is 10.1. The molecule has 1 atom stereocenters. The molecule has 0 fully saturated rings. The van der Waals surface area contributed by atoms with Crippen LogP contribution in [-0.2, 0) is 14.8 Å². The van der Waals surface area contributed by atoms with E-state index < -0.39 is 22.2 Å². The van der Waals surface area contributed by atoms with Gasteiger partial charge in [0.25, 0.3) is 15.9 Å². The molecule has 1 amide bonds. The second kappa shape index (κ2) is 8.01. The second-order valence-corrected chi connectivity index (χ2v) is 9.36. The fourth-order valence-electron chi connectivity index (χ4n) is 3.17. The zero-order valence-electron chi connectivity index (χ0n) is 16.0. The van der Waals surface area contributed by atoms with Gasteiger partial charge in [0.05, 0.1) is 38.9 Å². The van der Waals surface area contributed by atoms with Crippen molar-refractivity contribution in [3.8, 4) is 11.3 Å². The lowest BCUT2D eigenvalue weighted by Gasteiger charge is -2.24. The van der Waals surface area contributed by atoms with Crippen LogP contribution in [-0.4, -0.2) is 30.6 Å². The van der Waals surface area contributed by atoms with Crippen LogP contribution in [0.15, 0.2) is 53.6 Å². The quantitative estimate of drug-likeness (QED) is 0.451. The Morgan fingerprint density at radius 2 is 1.90 bits per heavy atom. The number of benzene rings is 2. The monoisotopic (exact) mass is 478 g/mol. The maximum atomic E-state index is 13.0. The van der Waals surface area contributed by atoms with Gasteiger partial charge in [-0.1, -0.05) is 35.3 Å². The number of carbonyl (C=O) groups is 1. The normalized spacial score (nSPS) is 15.6. The first-order valence-corrected chi connectivity index (χ1v) is 11.2. The number of aliphatic hydroxyl groups excluding tert-OH is 1. The highest BCUT2D eigenvalue weighted by atomic mass is 35.5. The number of aliphatic hydroxyl groups is 1. The van der Waals surface area contributed by atoms with E-state index in [4.69, 9.17) is 23.2 Å². The van der Waals surface area contributed by atoms with Gasteiger partial charge in [-0.15, -0.1) is 0 Å². The molecule has 1 unspecified atom stereocenters. The molecule has 3 aromatic rings. The van der Waals surface area contributed by atoms with Gasteiger partial charge in [0.2, 0.25) is 6.23 Å². The largest absolute Gasteiger partial charge is 0.366 e. The molecule has 160 valence electrons. The summed E-state index contributed by atoms with van der Waals surface area (Å²) >= 11 is 12.3. The van der Waals surface area contributed by atoms with Crippen LogP contribution >= 0.6 is 23.2 Å². The van der Waals surface area contributed by atoms with Gasteiger partial charge in [-0.25, -0.2) is 8.42 Å². The highest BCUT2D eigenvalue weighted by molar-refractivity contribution is 7.92. The number of carbonyl (C=O) groups excluding carboxylic acids is 1. The highest BCUT2D eigenvalue weighted by Crippen LogP contribution is 2.34. The fraction of sp³-hybridized carbons (Fsp3) is 0.100. The van der Waals surface area contributed by atoms with E-state index >= 15 is 0 Å². The number of nitrogens with one attached hydrogen (secondary N) is 3. The molecular formula is C20H16Cl2N4O4S. The third-order valence-corrected chi connectivity index (χ3v) is 6.64. The Kier molecular flexibility index (Phi) is 5.52. The summed E-state index contributed by atoms with van der Waals surface area (Å²) in [5.74, 6) is -0.624. The Hall–Kier alpha value is -2.85. The van der Waals surface area contributed by atoms with Gasteiger partial charge in [0.15, 0.2) is 0 Å². The summed E-state index contributed by atoms with van der Waals surface area (Å²) in [4.78, 5) is 15.8. The number of rotatable bonds is 4.